The Morgan fingerprint density at radius 2 is 2.09 bits per heavy atom. The number of hydrogen-bond donors (Lipinski definition) is 2. The van der Waals surface area contributed by atoms with Gasteiger partial charge in [0.15, 0.2) is 0 Å². The number of fused-ring (bicyclic) bond motifs is 1. The van der Waals surface area contributed by atoms with Crippen molar-refractivity contribution in [2.24, 2.45) is 0 Å². The van der Waals surface area contributed by atoms with Crippen molar-refractivity contribution in [3.8, 4) is 0 Å². The molecule has 0 atom stereocenters. The lowest BCUT2D eigenvalue weighted by molar-refractivity contribution is 0.00527. The molecule has 2 heterocycles. The molecular weight excluding hydrogens is 282 g/mol. The molecule has 1 amide bonds. The monoisotopic (exact) mass is 303 g/mol. The Hall–Kier alpha value is -1.95. The Labute approximate surface area is 128 Å². The van der Waals surface area contributed by atoms with Crippen molar-refractivity contribution in [1.29, 1.82) is 0 Å². The highest BCUT2D eigenvalue weighted by atomic mass is 16.5. The van der Waals surface area contributed by atoms with Crippen LogP contribution in [0.2, 0.25) is 0 Å². The van der Waals surface area contributed by atoms with Crippen molar-refractivity contribution in [3.63, 3.8) is 0 Å². The Bertz CT molecular complexity index is 702. The van der Waals surface area contributed by atoms with E-state index in [-0.39, 0.29) is 12.5 Å². The first-order valence-electron chi connectivity index (χ1n) is 7.73. The second-order valence-corrected chi connectivity index (χ2v) is 6.23. The molecule has 1 aliphatic carbocycles. The van der Waals surface area contributed by atoms with Crippen LogP contribution in [0.25, 0.3) is 11.1 Å². The van der Waals surface area contributed by atoms with Gasteiger partial charge in [0.2, 0.25) is 0 Å². The van der Waals surface area contributed by atoms with Crippen molar-refractivity contribution >= 4 is 17.0 Å². The van der Waals surface area contributed by atoms with Gasteiger partial charge in [-0.05, 0) is 32.8 Å². The first kappa shape index (κ1) is 15.0. The number of carbonyl (C=O) groups excluding carboxylic acids is 1. The van der Waals surface area contributed by atoms with E-state index < -0.39 is 5.60 Å². The summed E-state index contributed by atoms with van der Waals surface area (Å²) in [5.74, 6) is -0.221. The average Bonchev–Trinajstić information content (AvgIpc) is 2.86. The highest BCUT2D eigenvalue weighted by molar-refractivity contribution is 6.06. The minimum Gasteiger partial charge on any atom is -0.388 e. The van der Waals surface area contributed by atoms with Gasteiger partial charge in [-0.1, -0.05) is 24.4 Å². The number of amides is 1. The van der Waals surface area contributed by atoms with Crippen LogP contribution in [0.3, 0.4) is 0 Å². The van der Waals surface area contributed by atoms with Gasteiger partial charge in [0, 0.05) is 12.2 Å². The molecule has 0 aliphatic heterocycles. The molecule has 0 bridgehead atoms. The zero-order chi connectivity index (χ0) is 15.7. The van der Waals surface area contributed by atoms with E-state index >= 15 is 0 Å². The van der Waals surface area contributed by atoms with Gasteiger partial charge < -0.3 is 14.9 Å². The molecule has 3 rings (SSSR count). The lowest BCUT2D eigenvalue weighted by atomic mass is 9.85. The zero-order valence-electron chi connectivity index (χ0n) is 13.0. The second kappa shape index (κ2) is 5.68. The van der Waals surface area contributed by atoms with Gasteiger partial charge in [-0.3, -0.25) is 4.79 Å². The number of nitrogens with zero attached hydrogens (tertiary/aromatic N) is 2. The molecule has 6 heteroatoms. The second-order valence-electron chi connectivity index (χ2n) is 6.23. The zero-order valence-corrected chi connectivity index (χ0v) is 13.0. The molecule has 0 aromatic carbocycles. The van der Waals surface area contributed by atoms with Gasteiger partial charge >= 0.3 is 0 Å². The number of hydrogen-bond acceptors (Lipinski definition) is 5. The Balaban J connectivity index is 1.81. The summed E-state index contributed by atoms with van der Waals surface area (Å²) in [6, 6.07) is 1.73. The lowest BCUT2D eigenvalue weighted by Gasteiger charge is -2.32. The standard InChI is InChI=1S/C16H21N3O3/c1-10-8-12(13-11(2)19-22-15(13)18-10)14(20)17-9-16(21)6-4-3-5-7-16/h8,21H,3-7,9H2,1-2H3,(H,17,20). The molecule has 2 aromatic rings. The molecule has 6 nitrogen and oxygen atoms in total. The largest absolute Gasteiger partial charge is 0.388 e. The molecule has 1 saturated carbocycles. The summed E-state index contributed by atoms with van der Waals surface area (Å²) in [5, 5.41) is 17.9. The highest BCUT2D eigenvalue weighted by Crippen LogP contribution is 2.27. The third kappa shape index (κ3) is 2.83. The molecule has 2 aromatic heterocycles. The number of aliphatic hydroxyl groups is 1. The third-order valence-electron chi connectivity index (χ3n) is 4.35. The molecule has 0 unspecified atom stereocenters. The number of aromatic nitrogens is 2. The topological polar surface area (TPSA) is 88.2 Å². The summed E-state index contributed by atoms with van der Waals surface area (Å²) in [7, 11) is 0. The van der Waals surface area contributed by atoms with Crippen LogP contribution in [0.15, 0.2) is 10.6 Å². The molecule has 2 N–H and O–H groups in total. The molecule has 118 valence electrons. The summed E-state index contributed by atoms with van der Waals surface area (Å²) in [6.07, 6.45) is 4.65. The summed E-state index contributed by atoms with van der Waals surface area (Å²) < 4.78 is 5.14. The number of nitrogens with one attached hydrogen (secondary N) is 1. The highest BCUT2D eigenvalue weighted by Gasteiger charge is 2.30. The number of aryl methyl sites for hydroxylation is 2. The Kier molecular flexibility index (Phi) is 3.87. The van der Waals surface area contributed by atoms with E-state index in [4.69, 9.17) is 4.52 Å². The van der Waals surface area contributed by atoms with Crippen LogP contribution in [-0.4, -0.2) is 33.3 Å². The minimum absolute atomic E-state index is 0.221. The van der Waals surface area contributed by atoms with Crippen molar-refractivity contribution in [1.82, 2.24) is 15.5 Å². The van der Waals surface area contributed by atoms with Crippen molar-refractivity contribution < 1.29 is 14.4 Å². The average molecular weight is 303 g/mol. The van der Waals surface area contributed by atoms with Crippen LogP contribution in [-0.2, 0) is 0 Å². The van der Waals surface area contributed by atoms with Crippen LogP contribution in [0.4, 0.5) is 0 Å². The normalized spacial score (nSPS) is 17.6. The van der Waals surface area contributed by atoms with Gasteiger partial charge in [-0.2, -0.15) is 0 Å². The van der Waals surface area contributed by atoms with E-state index in [0.29, 0.717) is 28.1 Å². The van der Waals surface area contributed by atoms with Crippen LogP contribution in [0, 0.1) is 13.8 Å². The fourth-order valence-corrected chi connectivity index (χ4v) is 3.12. The smallest absolute Gasteiger partial charge is 0.258 e. The maximum atomic E-state index is 12.5. The number of carbonyl (C=O) groups is 1. The van der Waals surface area contributed by atoms with Crippen LogP contribution >= 0.6 is 0 Å². The third-order valence-corrected chi connectivity index (χ3v) is 4.35. The molecule has 0 radical (unpaired) electrons. The fourth-order valence-electron chi connectivity index (χ4n) is 3.12. The van der Waals surface area contributed by atoms with Gasteiger partial charge in [0.25, 0.3) is 11.6 Å². The number of rotatable bonds is 3. The summed E-state index contributed by atoms with van der Waals surface area (Å²) in [6.45, 7) is 3.87. The summed E-state index contributed by atoms with van der Waals surface area (Å²) in [5.41, 5.74) is 1.44. The van der Waals surface area contributed by atoms with Crippen molar-refractivity contribution in [2.75, 3.05) is 6.54 Å². The maximum Gasteiger partial charge on any atom is 0.258 e. The molecule has 0 spiro atoms. The molecule has 1 aliphatic rings. The van der Waals surface area contributed by atoms with E-state index in [1.54, 1.807) is 13.0 Å². The van der Waals surface area contributed by atoms with E-state index in [2.05, 4.69) is 15.5 Å². The molecule has 22 heavy (non-hydrogen) atoms. The quantitative estimate of drug-likeness (QED) is 0.908. The van der Waals surface area contributed by atoms with Gasteiger partial charge in [-0.15, -0.1) is 0 Å². The predicted octanol–water partition coefficient (Wildman–Crippen LogP) is 2.26. The first-order chi connectivity index (χ1) is 10.5. The van der Waals surface area contributed by atoms with E-state index in [1.165, 1.54) is 0 Å². The predicted molar refractivity (Wildman–Crippen MR) is 81.6 cm³/mol. The van der Waals surface area contributed by atoms with Gasteiger partial charge in [0.05, 0.1) is 22.2 Å². The van der Waals surface area contributed by atoms with Crippen molar-refractivity contribution in [3.05, 3.63) is 23.0 Å². The lowest BCUT2D eigenvalue weighted by Crippen LogP contribution is -2.44. The van der Waals surface area contributed by atoms with Gasteiger partial charge in [-0.25, -0.2) is 4.98 Å². The van der Waals surface area contributed by atoms with E-state index in [0.717, 1.165) is 32.1 Å². The Morgan fingerprint density at radius 1 is 1.36 bits per heavy atom. The van der Waals surface area contributed by atoms with E-state index in [9.17, 15) is 9.90 Å². The first-order valence-corrected chi connectivity index (χ1v) is 7.73. The van der Waals surface area contributed by atoms with Gasteiger partial charge in [0.1, 0.15) is 0 Å². The summed E-state index contributed by atoms with van der Waals surface area (Å²) >= 11 is 0. The minimum atomic E-state index is -0.779. The molecular formula is C16H21N3O3. The fraction of sp³-hybridized carbons (Fsp3) is 0.562. The van der Waals surface area contributed by atoms with Crippen LogP contribution < -0.4 is 5.32 Å². The Morgan fingerprint density at radius 3 is 2.82 bits per heavy atom. The summed E-state index contributed by atoms with van der Waals surface area (Å²) in [4.78, 5) is 16.8. The SMILES string of the molecule is Cc1cc(C(=O)NCC2(O)CCCCC2)c2c(C)noc2n1. The van der Waals surface area contributed by atoms with Crippen LogP contribution in [0.1, 0.15) is 53.8 Å². The number of pyridine rings is 1. The van der Waals surface area contributed by atoms with Crippen LogP contribution in [0.5, 0.6) is 0 Å². The maximum absolute atomic E-state index is 12.5. The molecule has 1 fully saturated rings. The molecule has 0 saturated heterocycles. The van der Waals surface area contributed by atoms with Crippen molar-refractivity contribution in [2.45, 2.75) is 51.6 Å². The van der Waals surface area contributed by atoms with E-state index in [1.807, 2.05) is 6.92 Å².